The van der Waals surface area contributed by atoms with Gasteiger partial charge in [-0.3, -0.25) is 9.80 Å². The SMILES string of the molecule is Cc1ccccc1CN1CCC(CN(CC2CCCO2)C2CCSCC2)CC1. The Balaban J connectivity index is 1.28. The van der Waals surface area contributed by atoms with Crippen LogP contribution in [-0.2, 0) is 11.3 Å². The zero-order chi connectivity index (χ0) is 19.2. The van der Waals surface area contributed by atoms with E-state index in [9.17, 15) is 0 Å². The van der Waals surface area contributed by atoms with Gasteiger partial charge in [0.05, 0.1) is 6.10 Å². The molecule has 0 spiro atoms. The molecule has 1 aromatic rings. The van der Waals surface area contributed by atoms with Gasteiger partial charge in [-0.15, -0.1) is 0 Å². The van der Waals surface area contributed by atoms with Crippen LogP contribution in [0, 0.1) is 12.8 Å². The van der Waals surface area contributed by atoms with Crippen molar-refractivity contribution in [2.75, 3.05) is 44.3 Å². The molecule has 0 aliphatic carbocycles. The molecule has 3 nitrogen and oxygen atoms in total. The van der Waals surface area contributed by atoms with Gasteiger partial charge < -0.3 is 4.74 Å². The Morgan fingerprint density at radius 3 is 2.54 bits per heavy atom. The van der Waals surface area contributed by atoms with Crippen molar-refractivity contribution >= 4 is 11.8 Å². The summed E-state index contributed by atoms with van der Waals surface area (Å²) in [5.74, 6) is 3.56. The van der Waals surface area contributed by atoms with Gasteiger partial charge in [-0.1, -0.05) is 24.3 Å². The Labute approximate surface area is 176 Å². The molecular weight excluding hydrogens is 364 g/mol. The van der Waals surface area contributed by atoms with Gasteiger partial charge in [0.1, 0.15) is 0 Å². The van der Waals surface area contributed by atoms with Crippen LogP contribution in [0.25, 0.3) is 0 Å². The second kappa shape index (κ2) is 10.5. The summed E-state index contributed by atoms with van der Waals surface area (Å²) in [4.78, 5) is 5.51. The first kappa shape index (κ1) is 20.7. The van der Waals surface area contributed by atoms with Crippen LogP contribution in [0.3, 0.4) is 0 Å². The van der Waals surface area contributed by atoms with E-state index in [1.165, 1.54) is 87.3 Å². The first-order valence-corrected chi connectivity index (χ1v) is 12.6. The smallest absolute Gasteiger partial charge is 0.0702 e. The van der Waals surface area contributed by atoms with Gasteiger partial charge in [0.2, 0.25) is 0 Å². The number of rotatable bonds is 7. The van der Waals surface area contributed by atoms with Crippen LogP contribution < -0.4 is 0 Å². The number of aryl methyl sites for hydroxylation is 1. The molecule has 0 radical (unpaired) electrons. The molecule has 1 unspecified atom stereocenters. The summed E-state index contributed by atoms with van der Waals surface area (Å²) in [7, 11) is 0. The summed E-state index contributed by atoms with van der Waals surface area (Å²) in [5.41, 5.74) is 2.93. The number of thioether (sulfide) groups is 1. The van der Waals surface area contributed by atoms with Gasteiger partial charge in [-0.25, -0.2) is 0 Å². The van der Waals surface area contributed by atoms with Crippen LogP contribution in [0.5, 0.6) is 0 Å². The van der Waals surface area contributed by atoms with Crippen molar-refractivity contribution in [2.45, 2.75) is 64.1 Å². The number of ether oxygens (including phenoxy) is 1. The van der Waals surface area contributed by atoms with E-state index in [-0.39, 0.29) is 0 Å². The number of piperidine rings is 1. The molecular formula is C24H38N2OS. The number of likely N-dealkylation sites (tertiary alicyclic amines) is 1. The van der Waals surface area contributed by atoms with Crippen LogP contribution in [0.1, 0.15) is 49.7 Å². The van der Waals surface area contributed by atoms with Crippen molar-refractivity contribution in [3.05, 3.63) is 35.4 Å². The number of benzene rings is 1. The number of nitrogens with zero attached hydrogens (tertiary/aromatic N) is 2. The Morgan fingerprint density at radius 1 is 1.04 bits per heavy atom. The predicted molar refractivity (Wildman–Crippen MR) is 120 cm³/mol. The van der Waals surface area contributed by atoms with Crippen LogP contribution in [-0.4, -0.2) is 66.2 Å². The summed E-state index contributed by atoms with van der Waals surface area (Å²) in [6.45, 7) is 9.34. The largest absolute Gasteiger partial charge is 0.377 e. The summed E-state index contributed by atoms with van der Waals surface area (Å²) >= 11 is 2.14. The zero-order valence-corrected chi connectivity index (χ0v) is 18.5. The molecule has 3 aliphatic rings. The molecule has 3 saturated heterocycles. The van der Waals surface area contributed by atoms with E-state index in [1.807, 2.05) is 0 Å². The summed E-state index contributed by atoms with van der Waals surface area (Å²) in [6.07, 6.45) is 8.50. The highest BCUT2D eigenvalue weighted by Gasteiger charge is 2.29. The molecule has 156 valence electrons. The van der Waals surface area contributed by atoms with Crippen molar-refractivity contribution in [3.63, 3.8) is 0 Å². The lowest BCUT2D eigenvalue weighted by molar-refractivity contribution is 0.0393. The fraction of sp³-hybridized carbons (Fsp3) is 0.750. The highest BCUT2D eigenvalue weighted by molar-refractivity contribution is 7.99. The molecule has 0 saturated carbocycles. The molecule has 3 heterocycles. The fourth-order valence-corrected chi connectivity index (χ4v) is 6.24. The van der Waals surface area contributed by atoms with E-state index >= 15 is 0 Å². The van der Waals surface area contributed by atoms with Gasteiger partial charge in [-0.2, -0.15) is 11.8 Å². The molecule has 0 aromatic heterocycles. The molecule has 4 rings (SSSR count). The zero-order valence-electron chi connectivity index (χ0n) is 17.7. The van der Waals surface area contributed by atoms with Crippen molar-refractivity contribution in [1.29, 1.82) is 0 Å². The van der Waals surface area contributed by atoms with Crippen molar-refractivity contribution < 1.29 is 4.74 Å². The lowest BCUT2D eigenvalue weighted by Gasteiger charge is -2.40. The maximum atomic E-state index is 6.00. The molecule has 3 aliphatic heterocycles. The topological polar surface area (TPSA) is 15.7 Å². The lowest BCUT2D eigenvalue weighted by atomic mass is 9.94. The second-order valence-electron chi connectivity index (χ2n) is 9.08. The molecule has 0 bridgehead atoms. The van der Waals surface area contributed by atoms with Gasteiger partial charge >= 0.3 is 0 Å². The monoisotopic (exact) mass is 402 g/mol. The summed E-state index contributed by atoms with van der Waals surface area (Å²) in [5, 5.41) is 0. The molecule has 0 N–H and O–H groups in total. The van der Waals surface area contributed by atoms with Crippen LogP contribution in [0.4, 0.5) is 0 Å². The molecule has 1 aromatic carbocycles. The van der Waals surface area contributed by atoms with E-state index in [4.69, 9.17) is 4.74 Å². The predicted octanol–water partition coefficient (Wildman–Crippen LogP) is 4.58. The Morgan fingerprint density at radius 2 is 1.82 bits per heavy atom. The average Bonchev–Trinajstić information content (AvgIpc) is 3.24. The number of hydrogen-bond acceptors (Lipinski definition) is 4. The van der Waals surface area contributed by atoms with Crippen molar-refractivity contribution in [1.82, 2.24) is 9.80 Å². The highest BCUT2D eigenvalue weighted by Crippen LogP contribution is 2.27. The lowest BCUT2D eigenvalue weighted by Crippen LogP contribution is -2.46. The maximum Gasteiger partial charge on any atom is 0.0702 e. The first-order valence-electron chi connectivity index (χ1n) is 11.5. The van der Waals surface area contributed by atoms with Crippen molar-refractivity contribution in [2.24, 2.45) is 5.92 Å². The Kier molecular flexibility index (Phi) is 7.75. The second-order valence-corrected chi connectivity index (χ2v) is 10.3. The summed E-state index contributed by atoms with van der Waals surface area (Å²) < 4.78 is 6.00. The molecule has 28 heavy (non-hydrogen) atoms. The van der Waals surface area contributed by atoms with Gasteiger partial charge in [0.25, 0.3) is 0 Å². The van der Waals surface area contributed by atoms with Gasteiger partial charge in [-0.05, 0) is 87.1 Å². The van der Waals surface area contributed by atoms with E-state index in [2.05, 4.69) is 52.8 Å². The van der Waals surface area contributed by atoms with Crippen molar-refractivity contribution in [3.8, 4) is 0 Å². The third-order valence-electron chi connectivity index (χ3n) is 7.02. The van der Waals surface area contributed by atoms with Crippen LogP contribution in [0.2, 0.25) is 0 Å². The minimum absolute atomic E-state index is 0.496. The highest BCUT2D eigenvalue weighted by atomic mass is 32.2. The van der Waals surface area contributed by atoms with Crippen LogP contribution >= 0.6 is 11.8 Å². The van der Waals surface area contributed by atoms with Crippen LogP contribution in [0.15, 0.2) is 24.3 Å². The average molecular weight is 403 g/mol. The fourth-order valence-electron chi connectivity index (χ4n) is 5.16. The standard InChI is InChI=1S/C24H38N2OS/c1-20-5-2-3-6-22(20)18-25-12-8-21(9-13-25)17-26(19-24-7-4-14-27-24)23-10-15-28-16-11-23/h2-3,5-6,21,23-24H,4,7-19H2,1H3. The molecule has 0 amide bonds. The van der Waals surface area contributed by atoms with Gasteiger partial charge in [0, 0.05) is 32.3 Å². The molecule has 4 heteroatoms. The maximum absolute atomic E-state index is 6.00. The normalized spacial score (nSPS) is 25.6. The van der Waals surface area contributed by atoms with E-state index in [0.29, 0.717) is 6.10 Å². The van der Waals surface area contributed by atoms with E-state index in [0.717, 1.165) is 25.1 Å². The quantitative estimate of drug-likeness (QED) is 0.663. The number of hydrogen-bond donors (Lipinski definition) is 0. The Hall–Kier alpha value is -0.550. The summed E-state index contributed by atoms with van der Waals surface area (Å²) in [6, 6.07) is 9.67. The Bertz CT molecular complexity index is 590. The third-order valence-corrected chi connectivity index (χ3v) is 8.07. The first-order chi connectivity index (χ1) is 13.8. The minimum Gasteiger partial charge on any atom is -0.377 e. The van der Waals surface area contributed by atoms with Gasteiger partial charge in [0.15, 0.2) is 0 Å². The van der Waals surface area contributed by atoms with E-state index < -0.39 is 0 Å². The minimum atomic E-state index is 0.496. The molecule has 1 atom stereocenters. The third kappa shape index (κ3) is 5.75. The molecule has 3 fully saturated rings. The van der Waals surface area contributed by atoms with E-state index in [1.54, 1.807) is 0 Å².